The van der Waals surface area contributed by atoms with Gasteiger partial charge in [0.15, 0.2) is 0 Å². The minimum absolute atomic E-state index is 0.0448. The molecular formula is C47H61NO6Si2. The van der Waals surface area contributed by atoms with E-state index in [4.69, 9.17) is 18.6 Å². The molecule has 7 nitrogen and oxygen atoms in total. The van der Waals surface area contributed by atoms with Crippen LogP contribution in [0.15, 0.2) is 84.4 Å². The van der Waals surface area contributed by atoms with Gasteiger partial charge in [0, 0.05) is 22.6 Å². The van der Waals surface area contributed by atoms with Crippen molar-refractivity contribution in [3.05, 3.63) is 101 Å². The summed E-state index contributed by atoms with van der Waals surface area (Å²) in [7, 11) is -3.13. The van der Waals surface area contributed by atoms with Gasteiger partial charge in [-0.15, -0.1) is 5.54 Å². The fourth-order valence-electron chi connectivity index (χ4n) is 9.42. The Hall–Kier alpha value is -3.95. The molecule has 5 atom stereocenters. The molecule has 0 radical (unpaired) electrons. The first-order valence-corrected chi connectivity index (χ1v) is 25.4. The molecule has 1 saturated heterocycles. The third kappa shape index (κ3) is 6.80. The molecule has 9 heteroatoms. The monoisotopic (exact) mass is 791 g/mol. The topological polar surface area (TPSA) is 74.3 Å². The molecule has 0 unspecified atom stereocenters. The highest BCUT2D eigenvalue weighted by Crippen LogP contribution is 2.57. The van der Waals surface area contributed by atoms with E-state index in [9.17, 15) is 9.59 Å². The van der Waals surface area contributed by atoms with E-state index in [0.717, 1.165) is 34.1 Å². The van der Waals surface area contributed by atoms with Gasteiger partial charge < -0.3 is 23.4 Å². The van der Waals surface area contributed by atoms with E-state index in [0.29, 0.717) is 28.1 Å². The second kappa shape index (κ2) is 15.4. The number of aldehydes is 1. The summed E-state index contributed by atoms with van der Waals surface area (Å²) >= 11 is 0. The zero-order valence-corrected chi connectivity index (χ0v) is 37.6. The summed E-state index contributed by atoms with van der Waals surface area (Å²) in [6.45, 7) is 26.9. The lowest BCUT2D eigenvalue weighted by atomic mass is 9.68. The maximum Gasteiger partial charge on any atom is 0.415 e. The molecule has 56 heavy (non-hydrogen) atoms. The minimum atomic E-state index is -2.28. The Kier molecular flexibility index (Phi) is 11.5. The first-order chi connectivity index (χ1) is 26.4. The van der Waals surface area contributed by atoms with Gasteiger partial charge in [-0.05, 0) is 64.1 Å². The highest BCUT2D eigenvalue weighted by Gasteiger charge is 2.60. The van der Waals surface area contributed by atoms with E-state index in [1.165, 1.54) is 7.11 Å². The largest absolute Gasteiger partial charge is 0.543 e. The zero-order chi connectivity index (χ0) is 41.0. The van der Waals surface area contributed by atoms with Crippen molar-refractivity contribution >= 4 is 40.0 Å². The first kappa shape index (κ1) is 41.7. The summed E-state index contributed by atoms with van der Waals surface area (Å²) in [6, 6.07) is 25.1. The molecule has 1 aliphatic carbocycles. The van der Waals surface area contributed by atoms with Gasteiger partial charge in [0.25, 0.3) is 0 Å². The summed E-state index contributed by atoms with van der Waals surface area (Å²) in [5, 5.41) is -0.0448. The van der Waals surface area contributed by atoms with Gasteiger partial charge in [0.05, 0.1) is 24.8 Å². The second-order valence-corrected chi connectivity index (χ2v) is 28.6. The van der Waals surface area contributed by atoms with Crippen molar-refractivity contribution in [2.75, 3.05) is 12.0 Å². The number of carbonyl (C=O) groups excluding carboxylic acids is 2. The summed E-state index contributed by atoms with van der Waals surface area (Å²) < 4.78 is 26.9. The molecule has 0 aromatic heterocycles. The Morgan fingerprint density at radius 2 is 1.39 bits per heavy atom. The predicted molar refractivity (Wildman–Crippen MR) is 231 cm³/mol. The number of rotatable bonds is 8. The Bertz CT molecular complexity index is 1960. The van der Waals surface area contributed by atoms with Gasteiger partial charge in [-0.1, -0.05) is 136 Å². The number of hydrogen-bond donors (Lipinski definition) is 0. The van der Waals surface area contributed by atoms with Gasteiger partial charge in [-0.25, -0.2) is 4.79 Å². The first-order valence-electron chi connectivity index (χ1n) is 20.3. The molecule has 2 heterocycles. The quantitative estimate of drug-likeness (QED) is 0.128. The van der Waals surface area contributed by atoms with E-state index in [1.54, 1.807) is 4.90 Å². The van der Waals surface area contributed by atoms with Gasteiger partial charge in [0.2, 0.25) is 14.1 Å². The average molecular weight is 792 g/mol. The van der Waals surface area contributed by atoms with Crippen LogP contribution in [0.3, 0.4) is 0 Å². The standard InChI is InChI=1S/C47H61NO6Si2/c1-30(2)56(31(3)4,32(5)6)27-26-40-41-33(7)43-44(53-47(52-43,34-20-16-14-17-21-34)35-22-18-15-19-23-35)38(29-49)42(41)37-28-36(54-55(12,13)46(8,9)10)24-25-39(37)48(40)45(50)51-11/h14-25,28-33,38,40,43-44H,1-13H3/t33-,38+,40+,43+,44-/m1/s1. The van der Waals surface area contributed by atoms with Crippen LogP contribution < -0.4 is 9.33 Å². The van der Waals surface area contributed by atoms with Gasteiger partial charge in [0.1, 0.15) is 32.3 Å². The van der Waals surface area contributed by atoms with Gasteiger partial charge in [-0.2, -0.15) is 0 Å². The van der Waals surface area contributed by atoms with E-state index in [2.05, 4.69) is 93.8 Å². The molecule has 2 aliphatic heterocycles. The Morgan fingerprint density at radius 3 is 1.88 bits per heavy atom. The molecule has 3 aromatic rings. The molecule has 298 valence electrons. The Morgan fingerprint density at radius 1 is 0.857 bits per heavy atom. The maximum absolute atomic E-state index is 14.2. The molecule has 3 aromatic carbocycles. The summed E-state index contributed by atoms with van der Waals surface area (Å²) in [5.74, 6) is 2.17. The molecule has 0 saturated carbocycles. The Balaban J connectivity index is 1.64. The van der Waals surface area contributed by atoms with Crippen LogP contribution in [-0.4, -0.2) is 54.1 Å². The van der Waals surface area contributed by atoms with E-state index >= 15 is 0 Å². The van der Waals surface area contributed by atoms with Crippen LogP contribution in [0.1, 0.15) is 85.9 Å². The lowest BCUT2D eigenvalue weighted by molar-refractivity contribution is -0.155. The van der Waals surface area contributed by atoms with Gasteiger partial charge in [-0.3, -0.25) is 4.90 Å². The van der Waals surface area contributed by atoms with Crippen molar-refractivity contribution < 1.29 is 28.2 Å². The fourth-order valence-corrected chi connectivity index (χ4v) is 15.7. The van der Waals surface area contributed by atoms with Crippen molar-refractivity contribution in [1.29, 1.82) is 0 Å². The molecule has 0 bridgehead atoms. The molecule has 3 aliphatic rings. The number of ether oxygens (including phenoxy) is 3. The van der Waals surface area contributed by atoms with Crippen LogP contribution >= 0.6 is 0 Å². The number of carbonyl (C=O) groups is 2. The van der Waals surface area contributed by atoms with Crippen LogP contribution in [0, 0.1) is 23.3 Å². The average Bonchev–Trinajstić information content (AvgIpc) is 3.57. The highest BCUT2D eigenvalue weighted by atomic mass is 28.4. The fraction of sp³-hybridized carbons (Fsp3) is 0.489. The third-order valence-corrected chi connectivity index (χ3v) is 23.9. The number of fused-ring (bicyclic) bond motifs is 3. The number of anilines is 1. The number of benzene rings is 3. The van der Waals surface area contributed by atoms with Crippen LogP contribution in [0.2, 0.25) is 34.8 Å². The maximum atomic E-state index is 14.2. The molecule has 1 amide bonds. The molecule has 6 rings (SSSR count). The summed E-state index contributed by atoms with van der Waals surface area (Å²) in [4.78, 5) is 29.8. The molecule has 1 fully saturated rings. The number of nitrogens with zero attached hydrogens (tertiary/aromatic N) is 1. The SMILES string of the molecule is COC(=O)N1c2ccc(O[Si](C)(C)C(C)(C)C)cc2C2=C([C@@H](C)[C@@H]3OC(c4ccccc4)(c4ccccc4)O[C@@H]3[C@H]2C=O)[C@@H]1C#C[Si](C(C)C)(C(C)C)C(C)C. The van der Waals surface area contributed by atoms with Crippen molar-refractivity contribution in [1.82, 2.24) is 0 Å². The highest BCUT2D eigenvalue weighted by molar-refractivity contribution is 6.90. The van der Waals surface area contributed by atoms with Gasteiger partial charge >= 0.3 is 6.09 Å². The van der Waals surface area contributed by atoms with Crippen LogP contribution in [-0.2, 0) is 24.8 Å². The lowest BCUT2D eigenvalue weighted by Gasteiger charge is -2.46. The minimum Gasteiger partial charge on any atom is -0.543 e. The zero-order valence-electron chi connectivity index (χ0n) is 35.6. The van der Waals surface area contributed by atoms with E-state index < -0.39 is 52.4 Å². The van der Waals surface area contributed by atoms with Crippen molar-refractivity contribution in [2.45, 2.75) is 128 Å². The normalized spacial score (nSPS) is 23.3. The number of hydrogen-bond acceptors (Lipinski definition) is 6. The molecular weight excluding hydrogens is 731 g/mol. The number of amides is 1. The van der Waals surface area contributed by atoms with E-state index in [-0.39, 0.29) is 11.0 Å². The summed E-state index contributed by atoms with van der Waals surface area (Å²) in [5.41, 5.74) is 9.86. The van der Waals surface area contributed by atoms with Crippen molar-refractivity contribution in [3.63, 3.8) is 0 Å². The van der Waals surface area contributed by atoms with Crippen molar-refractivity contribution in [3.8, 4) is 17.2 Å². The van der Waals surface area contributed by atoms with Crippen LogP contribution in [0.25, 0.3) is 5.57 Å². The second-order valence-electron chi connectivity index (χ2n) is 18.3. The van der Waals surface area contributed by atoms with Crippen molar-refractivity contribution in [2.24, 2.45) is 11.8 Å². The number of methoxy groups -OCH3 is 1. The van der Waals surface area contributed by atoms with Crippen LogP contribution in [0.4, 0.5) is 10.5 Å². The molecule has 0 spiro atoms. The van der Waals surface area contributed by atoms with E-state index in [1.807, 2.05) is 78.9 Å². The van der Waals surface area contributed by atoms with Crippen LogP contribution in [0.5, 0.6) is 5.75 Å². The predicted octanol–water partition coefficient (Wildman–Crippen LogP) is 11.2. The Labute approximate surface area is 337 Å². The summed E-state index contributed by atoms with van der Waals surface area (Å²) in [6.07, 6.45) is -0.672. The smallest absolute Gasteiger partial charge is 0.415 e. The lowest BCUT2D eigenvalue weighted by Crippen LogP contribution is -2.52. The molecule has 0 N–H and O–H groups in total. The third-order valence-electron chi connectivity index (χ3n) is 13.3.